The van der Waals surface area contributed by atoms with Crippen molar-refractivity contribution in [3.63, 3.8) is 0 Å². The first-order valence-corrected chi connectivity index (χ1v) is 7.11. The molecule has 0 amide bonds. The van der Waals surface area contributed by atoms with Crippen molar-refractivity contribution < 1.29 is 0 Å². The minimum Gasteiger partial charge on any atom is -0.383 e. The summed E-state index contributed by atoms with van der Waals surface area (Å²) in [5.74, 6) is 0. The summed E-state index contributed by atoms with van der Waals surface area (Å²) in [7, 11) is 0. The van der Waals surface area contributed by atoms with E-state index in [1.54, 1.807) is 0 Å². The molecule has 0 unspecified atom stereocenters. The smallest absolute Gasteiger partial charge is 0.0761 e. The number of hydrogen-bond donors (Lipinski definition) is 2. The van der Waals surface area contributed by atoms with E-state index in [1.807, 2.05) is 11.8 Å². The molecule has 2 nitrogen and oxygen atoms in total. The normalized spacial score (nSPS) is 12.3. The molecule has 0 spiro atoms. The molecule has 18 heavy (non-hydrogen) atoms. The van der Waals surface area contributed by atoms with Crippen LogP contribution in [0.2, 0.25) is 0 Å². The van der Waals surface area contributed by atoms with Gasteiger partial charge in [-0.3, -0.25) is 0 Å². The fourth-order valence-electron chi connectivity index (χ4n) is 2.06. The molecule has 1 heterocycles. The third kappa shape index (κ3) is 2.06. The Labute approximate surface area is 112 Å². The topological polar surface area (TPSA) is 24.1 Å². The third-order valence-electron chi connectivity index (χ3n) is 2.96. The van der Waals surface area contributed by atoms with Crippen molar-refractivity contribution in [1.29, 1.82) is 0 Å². The molecule has 1 aliphatic rings. The van der Waals surface area contributed by atoms with Crippen LogP contribution in [0, 0.1) is 0 Å². The number of fused-ring (bicyclic) bond motifs is 2. The second kappa shape index (κ2) is 4.94. The maximum absolute atomic E-state index is 3.53. The summed E-state index contributed by atoms with van der Waals surface area (Å²) in [5, 5.41) is 7.01. The zero-order valence-electron chi connectivity index (χ0n) is 10.4. The summed E-state index contributed by atoms with van der Waals surface area (Å²) in [5.41, 5.74) is 3.59. The first kappa shape index (κ1) is 11.5. The number of para-hydroxylation sites is 2. The van der Waals surface area contributed by atoms with E-state index in [9.17, 15) is 0 Å². The van der Waals surface area contributed by atoms with Crippen molar-refractivity contribution in [3.8, 4) is 0 Å². The molecule has 0 saturated carbocycles. The standard InChI is InChI=1S/C15H16N2S/c1-2-10-16-12-7-5-9-14-15(12)17-11-6-3-4-8-13(11)18-14/h3-9,16-17H,2,10H2,1H3. The maximum atomic E-state index is 3.53. The van der Waals surface area contributed by atoms with Gasteiger partial charge in [0.1, 0.15) is 0 Å². The molecular weight excluding hydrogens is 240 g/mol. The highest BCUT2D eigenvalue weighted by Crippen LogP contribution is 2.46. The van der Waals surface area contributed by atoms with Crippen molar-refractivity contribution >= 4 is 28.8 Å². The fraction of sp³-hybridized carbons (Fsp3) is 0.200. The van der Waals surface area contributed by atoms with Gasteiger partial charge in [0.25, 0.3) is 0 Å². The number of hydrogen-bond acceptors (Lipinski definition) is 3. The van der Waals surface area contributed by atoms with Gasteiger partial charge in [-0.2, -0.15) is 0 Å². The number of nitrogens with one attached hydrogen (secondary N) is 2. The highest BCUT2D eigenvalue weighted by Gasteiger charge is 2.17. The maximum Gasteiger partial charge on any atom is 0.0761 e. The van der Waals surface area contributed by atoms with E-state index >= 15 is 0 Å². The molecule has 0 saturated heterocycles. The van der Waals surface area contributed by atoms with Crippen LogP contribution in [0.25, 0.3) is 0 Å². The monoisotopic (exact) mass is 256 g/mol. The van der Waals surface area contributed by atoms with Crippen LogP contribution >= 0.6 is 11.8 Å². The van der Waals surface area contributed by atoms with Crippen LogP contribution in [0.3, 0.4) is 0 Å². The van der Waals surface area contributed by atoms with Crippen LogP contribution < -0.4 is 10.6 Å². The van der Waals surface area contributed by atoms with Gasteiger partial charge in [0.05, 0.1) is 17.1 Å². The van der Waals surface area contributed by atoms with Crippen LogP contribution in [0.1, 0.15) is 13.3 Å². The van der Waals surface area contributed by atoms with Crippen molar-refractivity contribution in [2.24, 2.45) is 0 Å². The molecular formula is C15H16N2S. The van der Waals surface area contributed by atoms with Gasteiger partial charge < -0.3 is 10.6 Å². The first-order chi connectivity index (χ1) is 8.88. The number of rotatable bonds is 3. The highest BCUT2D eigenvalue weighted by molar-refractivity contribution is 7.99. The average molecular weight is 256 g/mol. The van der Waals surface area contributed by atoms with Crippen LogP contribution in [-0.2, 0) is 0 Å². The SMILES string of the molecule is CCCNc1cccc2c1Nc1ccccc1S2. The summed E-state index contributed by atoms with van der Waals surface area (Å²) in [6, 6.07) is 14.8. The van der Waals surface area contributed by atoms with Crippen molar-refractivity contribution in [2.75, 3.05) is 17.2 Å². The average Bonchev–Trinajstić information content (AvgIpc) is 2.43. The lowest BCUT2D eigenvalue weighted by Crippen LogP contribution is -2.06. The molecule has 1 aliphatic heterocycles. The summed E-state index contributed by atoms with van der Waals surface area (Å²) in [6.45, 7) is 3.18. The van der Waals surface area contributed by atoms with E-state index in [2.05, 4.69) is 60.0 Å². The second-order valence-corrected chi connectivity index (χ2v) is 5.41. The molecule has 2 N–H and O–H groups in total. The molecule has 0 fully saturated rings. The Morgan fingerprint density at radius 3 is 2.78 bits per heavy atom. The molecule has 3 heteroatoms. The summed E-state index contributed by atoms with van der Waals surface area (Å²) in [4.78, 5) is 2.58. The van der Waals surface area contributed by atoms with Crippen LogP contribution in [0.4, 0.5) is 17.1 Å². The minimum absolute atomic E-state index is 1.00. The van der Waals surface area contributed by atoms with Crippen LogP contribution in [0.15, 0.2) is 52.3 Å². The Kier molecular flexibility index (Phi) is 3.15. The summed E-state index contributed by atoms with van der Waals surface area (Å²) < 4.78 is 0. The summed E-state index contributed by atoms with van der Waals surface area (Å²) in [6.07, 6.45) is 1.13. The van der Waals surface area contributed by atoms with Gasteiger partial charge in [-0.25, -0.2) is 0 Å². The zero-order valence-corrected chi connectivity index (χ0v) is 11.2. The van der Waals surface area contributed by atoms with Crippen molar-refractivity contribution in [3.05, 3.63) is 42.5 Å². The Hall–Kier alpha value is -1.61. The van der Waals surface area contributed by atoms with E-state index in [4.69, 9.17) is 0 Å². The minimum atomic E-state index is 1.00. The van der Waals surface area contributed by atoms with Gasteiger partial charge in [0.15, 0.2) is 0 Å². The van der Waals surface area contributed by atoms with Gasteiger partial charge >= 0.3 is 0 Å². The van der Waals surface area contributed by atoms with E-state index in [1.165, 1.54) is 26.9 Å². The number of anilines is 3. The Morgan fingerprint density at radius 1 is 1.06 bits per heavy atom. The quantitative estimate of drug-likeness (QED) is 0.709. The first-order valence-electron chi connectivity index (χ1n) is 6.29. The van der Waals surface area contributed by atoms with Crippen molar-refractivity contribution in [2.45, 2.75) is 23.1 Å². The van der Waals surface area contributed by atoms with Gasteiger partial charge in [-0.05, 0) is 30.7 Å². The van der Waals surface area contributed by atoms with Crippen molar-refractivity contribution in [1.82, 2.24) is 0 Å². The Bertz CT molecular complexity index is 566. The molecule has 2 aromatic carbocycles. The molecule has 0 atom stereocenters. The molecule has 0 aromatic heterocycles. The van der Waals surface area contributed by atoms with Crippen LogP contribution in [-0.4, -0.2) is 6.54 Å². The highest BCUT2D eigenvalue weighted by atomic mass is 32.2. The van der Waals surface area contributed by atoms with Gasteiger partial charge in [0, 0.05) is 16.3 Å². The molecule has 2 aromatic rings. The molecule has 0 radical (unpaired) electrons. The fourth-order valence-corrected chi connectivity index (χ4v) is 3.09. The lowest BCUT2D eigenvalue weighted by Gasteiger charge is -2.23. The third-order valence-corrected chi connectivity index (χ3v) is 4.09. The second-order valence-electron chi connectivity index (χ2n) is 4.33. The molecule has 0 aliphatic carbocycles. The van der Waals surface area contributed by atoms with Gasteiger partial charge in [-0.1, -0.05) is 36.9 Å². The van der Waals surface area contributed by atoms with E-state index in [-0.39, 0.29) is 0 Å². The van der Waals surface area contributed by atoms with E-state index in [0.29, 0.717) is 0 Å². The van der Waals surface area contributed by atoms with Gasteiger partial charge in [-0.15, -0.1) is 0 Å². The molecule has 3 rings (SSSR count). The predicted molar refractivity (Wildman–Crippen MR) is 79.1 cm³/mol. The van der Waals surface area contributed by atoms with E-state index < -0.39 is 0 Å². The Morgan fingerprint density at radius 2 is 1.89 bits per heavy atom. The zero-order chi connectivity index (χ0) is 12.4. The van der Waals surface area contributed by atoms with Crippen LogP contribution in [0.5, 0.6) is 0 Å². The predicted octanol–water partition coefficient (Wildman–Crippen LogP) is 4.72. The number of benzene rings is 2. The lowest BCUT2D eigenvalue weighted by atomic mass is 10.2. The lowest BCUT2D eigenvalue weighted by molar-refractivity contribution is 0.979. The van der Waals surface area contributed by atoms with E-state index in [0.717, 1.165) is 13.0 Å². The molecule has 0 bridgehead atoms. The largest absolute Gasteiger partial charge is 0.383 e. The Balaban J connectivity index is 1.97. The summed E-state index contributed by atoms with van der Waals surface area (Å²) >= 11 is 1.83. The van der Waals surface area contributed by atoms with Gasteiger partial charge in [0.2, 0.25) is 0 Å². The molecule has 92 valence electrons.